The number of nitrogens with two attached hydrogens (primary N) is 1. The highest BCUT2D eigenvalue weighted by Gasteiger charge is 2.23. The van der Waals surface area contributed by atoms with Crippen LogP contribution < -0.4 is 21.7 Å². The molecule has 1 aliphatic heterocycles. The van der Waals surface area contributed by atoms with Gasteiger partial charge in [-0.15, -0.1) is 11.3 Å². The quantitative estimate of drug-likeness (QED) is 0.673. The lowest BCUT2D eigenvalue weighted by molar-refractivity contribution is 0.0935. The lowest BCUT2D eigenvalue weighted by Crippen LogP contribution is -2.45. The summed E-state index contributed by atoms with van der Waals surface area (Å²) in [5, 5.41) is 10.4. The molecule has 0 aliphatic carbocycles. The summed E-state index contributed by atoms with van der Waals surface area (Å²) in [6.07, 6.45) is 1.90. The van der Waals surface area contributed by atoms with Gasteiger partial charge in [0.05, 0.1) is 5.69 Å². The van der Waals surface area contributed by atoms with Crippen LogP contribution in [0, 0.1) is 5.82 Å². The molecule has 6 nitrogen and oxygen atoms in total. The molecule has 2 heterocycles. The average Bonchev–Trinajstić information content (AvgIpc) is 2.98. The molecule has 0 bridgehead atoms. The summed E-state index contributed by atoms with van der Waals surface area (Å²) in [6.45, 7) is 1.66. The van der Waals surface area contributed by atoms with Crippen molar-refractivity contribution in [1.29, 1.82) is 0 Å². The van der Waals surface area contributed by atoms with Crippen molar-refractivity contribution in [3.8, 4) is 11.1 Å². The fourth-order valence-electron chi connectivity index (χ4n) is 2.87. The standard InChI is InChI=1S/C17H19FN4O2S/c18-11-4-1-3-10(7-11)13-9-25-15(14(13)22-17(19)24)16(23)21-12-5-2-6-20-8-12/h1,3-4,7,9,12,20H,2,5-6,8H2,(H,21,23)(H3,19,22,24). The highest BCUT2D eigenvalue weighted by Crippen LogP contribution is 2.36. The van der Waals surface area contributed by atoms with Gasteiger partial charge in [-0.25, -0.2) is 9.18 Å². The topological polar surface area (TPSA) is 96.2 Å². The molecular formula is C17H19FN4O2S. The van der Waals surface area contributed by atoms with E-state index in [1.54, 1.807) is 17.5 Å². The van der Waals surface area contributed by atoms with E-state index in [0.717, 1.165) is 19.4 Å². The molecular weight excluding hydrogens is 343 g/mol. The summed E-state index contributed by atoms with van der Waals surface area (Å²) in [4.78, 5) is 24.4. The zero-order valence-corrected chi connectivity index (χ0v) is 14.3. The Hall–Kier alpha value is -2.45. The number of carbonyl (C=O) groups is 2. The summed E-state index contributed by atoms with van der Waals surface area (Å²) in [7, 11) is 0. The SMILES string of the molecule is NC(=O)Nc1c(-c2cccc(F)c2)csc1C(=O)NC1CCCNC1. The Morgan fingerprint density at radius 2 is 2.20 bits per heavy atom. The highest BCUT2D eigenvalue weighted by molar-refractivity contribution is 7.13. The van der Waals surface area contributed by atoms with Crippen LogP contribution in [0.4, 0.5) is 14.9 Å². The predicted molar refractivity (Wildman–Crippen MR) is 96.3 cm³/mol. The van der Waals surface area contributed by atoms with E-state index >= 15 is 0 Å². The van der Waals surface area contributed by atoms with Gasteiger partial charge in [-0.05, 0) is 37.1 Å². The molecule has 25 heavy (non-hydrogen) atoms. The largest absolute Gasteiger partial charge is 0.351 e. The number of hydrogen-bond acceptors (Lipinski definition) is 4. The minimum absolute atomic E-state index is 0.0439. The fourth-order valence-corrected chi connectivity index (χ4v) is 3.80. The number of urea groups is 1. The Kier molecular flexibility index (Phi) is 5.30. The molecule has 8 heteroatoms. The summed E-state index contributed by atoms with van der Waals surface area (Å²) in [5.74, 6) is -0.668. The Bertz CT molecular complexity index is 787. The van der Waals surface area contributed by atoms with Gasteiger partial charge in [0.15, 0.2) is 0 Å². The Morgan fingerprint density at radius 3 is 2.88 bits per heavy atom. The van der Waals surface area contributed by atoms with Gasteiger partial charge in [0.1, 0.15) is 10.7 Å². The van der Waals surface area contributed by atoms with E-state index < -0.39 is 11.8 Å². The third kappa shape index (κ3) is 4.15. The zero-order chi connectivity index (χ0) is 17.8. The van der Waals surface area contributed by atoms with Gasteiger partial charge in [0.25, 0.3) is 5.91 Å². The molecule has 3 amide bonds. The van der Waals surface area contributed by atoms with Gasteiger partial charge in [-0.3, -0.25) is 4.79 Å². The van der Waals surface area contributed by atoms with E-state index in [9.17, 15) is 14.0 Å². The summed E-state index contributed by atoms with van der Waals surface area (Å²) in [5.41, 5.74) is 6.70. The number of amides is 3. The second kappa shape index (κ2) is 7.62. The minimum atomic E-state index is -0.774. The number of carbonyl (C=O) groups excluding carboxylic acids is 2. The van der Waals surface area contributed by atoms with Crippen LogP contribution in [0.3, 0.4) is 0 Å². The lowest BCUT2D eigenvalue weighted by atomic mass is 10.1. The van der Waals surface area contributed by atoms with Crippen LogP contribution in [-0.2, 0) is 0 Å². The molecule has 1 fully saturated rings. The van der Waals surface area contributed by atoms with Crippen LogP contribution in [0.2, 0.25) is 0 Å². The molecule has 0 spiro atoms. The molecule has 3 rings (SSSR count). The summed E-state index contributed by atoms with van der Waals surface area (Å²) < 4.78 is 13.5. The first-order chi connectivity index (χ1) is 12.0. The minimum Gasteiger partial charge on any atom is -0.351 e. The van der Waals surface area contributed by atoms with Crippen molar-refractivity contribution in [3.05, 3.63) is 40.3 Å². The number of thiophene rings is 1. The number of rotatable bonds is 4. The van der Waals surface area contributed by atoms with Crippen LogP contribution in [0.15, 0.2) is 29.6 Å². The Labute approximate surface area is 148 Å². The number of anilines is 1. The average molecular weight is 362 g/mol. The number of primary amides is 1. The summed E-state index contributed by atoms with van der Waals surface area (Å²) >= 11 is 1.19. The van der Waals surface area contributed by atoms with E-state index in [1.165, 1.54) is 23.5 Å². The zero-order valence-electron chi connectivity index (χ0n) is 13.5. The fraction of sp³-hybridized carbons (Fsp3) is 0.294. The number of halogens is 1. The molecule has 1 atom stereocenters. The Balaban J connectivity index is 1.90. The smallest absolute Gasteiger partial charge is 0.316 e. The van der Waals surface area contributed by atoms with E-state index in [2.05, 4.69) is 16.0 Å². The molecule has 1 saturated heterocycles. The number of nitrogens with one attached hydrogen (secondary N) is 3. The number of benzene rings is 1. The van der Waals surface area contributed by atoms with Crippen LogP contribution in [0.25, 0.3) is 11.1 Å². The van der Waals surface area contributed by atoms with Crippen LogP contribution in [0.1, 0.15) is 22.5 Å². The Morgan fingerprint density at radius 1 is 1.36 bits per heavy atom. The van der Waals surface area contributed by atoms with Crippen LogP contribution in [-0.4, -0.2) is 31.1 Å². The van der Waals surface area contributed by atoms with Crippen molar-refractivity contribution in [1.82, 2.24) is 10.6 Å². The lowest BCUT2D eigenvalue weighted by Gasteiger charge is -2.23. The maximum Gasteiger partial charge on any atom is 0.316 e. The van der Waals surface area contributed by atoms with Crippen molar-refractivity contribution in [2.24, 2.45) is 5.73 Å². The maximum absolute atomic E-state index is 13.5. The predicted octanol–water partition coefficient (Wildman–Crippen LogP) is 2.53. The second-order valence-electron chi connectivity index (χ2n) is 5.87. The van der Waals surface area contributed by atoms with Crippen molar-refractivity contribution < 1.29 is 14.0 Å². The molecule has 0 radical (unpaired) electrons. The highest BCUT2D eigenvalue weighted by atomic mass is 32.1. The normalized spacial score (nSPS) is 17.1. The van der Waals surface area contributed by atoms with Crippen molar-refractivity contribution in [2.75, 3.05) is 18.4 Å². The molecule has 1 aromatic carbocycles. The van der Waals surface area contributed by atoms with Crippen LogP contribution in [0.5, 0.6) is 0 Å². The van der Waals surface area contributed by atoms with Gasteiger partial charge in [-0.2, -0.15) is 0 Å². The molecule has 1 unspecified atom stereocenters. The van der Waals surface area contributed by atoms with E-state index in [-0.39, 0.29) is 11.9 Å². The van der Waals surface area contributed by atoms with Crippen LogP contribution >= 0.6 is 11.3 Å². The van der Waals surface area contributed by atoms with E-state index in [1.807, 2.05) is 0 Å². The number of piperidine rings is 1. The van der Waals surface area contributed by atoms with Gasteiger partial charge in [-0.1, -0.05) is 12.1 Å². The van der Waals surface area contributed by atoms with Gasteiger partial charge in [0, 0.05) is 23.5 Å². The molecule has 0 saturated carbocycles. The molecule has 5 N–H and O–H groups in total. The summed E-state index contributed by atoms with van der Waals surface area (Å²) in [6, 6.07) is 5.24. The molecule has 1 aromatic heterocycles. The maximum atomic E-state index is 13.5. The molecule has 2 aromatic rings. The third-order valence-electron chi connectivity index (χ3n) is 4.01. The molecule has 132 valence electrons. The van der Waals surface area contributed by atoms with E-state index in [0.29, 0.717) is 28.2 Å². The first-order valence-corrected chi connectivity index (χ1v) is 8.88. The first kappa shape index (κ1) is 17.4. The number of hydrogen-bond donors (Lipinski definition) is 4. The van der Waals surface area contributed by atoms with Crippen molar-refractivity contribution in [2.45, 2.75) is 18.9 Å². The van der Waals surface area contributed by atoms with Gasteiger partial charge in [0.2, 0.25) is 0 Å². The molecule has 1 aliphatic rings. The first-order valence-electron chi connectivity index (χ1n) is 8.00. The van der Waals surface area contributed by atoms with Gasteiger partial charge >= 0.3 is 6.03 Å². The van der Waals surface area contributed by atoms with Crippen molar-refractivity contribution >= 4 is 29.0 Å². The van der Waals surface area contributed by atoms with Gasteiger partial charge < -0.3 is 21.7 Å². The third-order valence-corrected chi connectivity index (χ3v) is 4.99. The van der Waals surface area contributed by atoms with Crippen molar-refractivity contribution in [3.63, 3.8) is 0 Å². The second-order valence-corrected chi connectivity index (χ2v) is 6.75. The van der Waals surface area contributed by atoms with E-state index in [4.69, 9.17) is 5.73 Å². The monoisotopic (exact) mass is 362 g/mol.